The summed E-state index contributed by atoms with van der Waals surface area (Å²) in [5.74, 6) is -0.349. The predicted molar refractivity (Wildman–Crippen MR) is 104 cm³/mol. The Bertz CT molecular complexity index is 974. The molecule has 1 aromatic heterocycles. The number of rotatable bonds is 4. The molecule has 1 heterocycles. The summed E-state index contributed by atoms with van der Waals surface area (Å²) in [5.41, 5.74) is 1.72. The molecular weight excluding hydrogens is 380 g/mol. The highest BCUT2D eigenvalue weighted by Gasteiger charge is 2.22. The van der Waals surface area contributed by atoms with Crippen LogP contribution in [-0.4, -0.2) is 36.2 Å². The number of sulfonamides is 1. The maximum Gasteiger partial charge on any atom is 0.328 e. The number of carbonyl (C=O) groups is 2. The lowest BCUT2D eigenvalue weighted by Gasteiger charge is -2.22. The molecule has 0 unspecified atom stereocenters. The molecule has 2 amide bonds. The topological polar surface area (TPSA) is 110 Å². The monoisotopic (exact) mass is 404 g/mol. The SMILES string of the molecule is Cc1cc(C)n(C(=O)c2ccc(S(=O)(=O)NC(=O)NC3CCCCC3)cc2)n1. The first-order valence-electron chi connectivity index (χ1n) is 9.27. The molecule has 0 aliphatic heterocycles. The Kier molecular flexibility index (Phi) is 5.83. The zero-order valence-electron chi connectivity index (χ0n) is 15.9. The zero-order chi connectivity index (χ0) is 20.3. The van der Waals surface area contributed by atoms with Crippen LogP contribution in [0.3, 0.4) is 0 Å². The average Bonchev–Trinajstić information content (AvgIpc) is 2.99. The molecule has 9 heteroatoms. The molecule has 2 N–H and O–H groups in total. The first kappa shape index (κ1) is 20.1. The summed E-state index contributed by atoms with van der Waals surface area (Å²) in [7, 11) is -4.02. The van der Waals surface area contributed by atoms with Crippen LogP contribution < -0.4 is 10.0 Å². The van der Waals surface area contributed by atoms with Gasteiger partial charge in [0.25, 0.3) is 15.9 Å². The minimum Gasteiger partial charge on any atom is -0.335 e. The van der Waals surface area contributed by atoms with E-state index in [1.165, 1.54) is 28.9 Å². The number of nitrogens with one attached hydrogen (secondary N) is 2. The van der Waals surface area contributed by atoms with Crippen LogP contribution in [0.4, 0.5) is 4.79 Å². The van der Waals surface area contributed by atoms with Crippen molar-refractivity contribution in [3.8, 4) is 0 Å². The quantitative estimate of drug-likeness (QED) is 0.814. The van der Waals surface area contributed by atoms with Gasteiger partial charge in [0.05, 0.1) is 10.6 Å². The van der Waals surface area contributed by atoms with Crippen LogP contribution in [-0.2, 0) is 10.0 Å². The van der Waals surface area contributed by atoms with Gasteiger partial charge >= 0.3 is 6.03 Å². The third-order valence-corrected chi connectivity index (χ3v) is 6.13. The molecule has 1 aromatic carbocycles. The lowest BCUT2D eigenvalue weighted by Crippen LogP contribution is -2.45. The van der Waals surface area contributed by atoms with E-state index in [-0.39, 0.29) is 16.8 Å². The Morgan fingerprint density at radius 2 is 1.71 bits per heavy atom. The number of aromatic nitrogens is 2. The first-order valence-corrected chi connectivity index (χ1v) is 10.8. The van der Waals surface area contributed by atoms with E-state index in [9.17, 15) is 18.0 Å². The third-order valence-electron chi connectivity index (χ3n) is 4.78. The second-order valence-corrected chi connectivity index (χ2v) is 8.76. The van der Waals surface area contributed by atoms with E-state index >= 15 is 0 Å². The number of carbonyl (C=O) groups excluding carboxylic acids is 2. The summed E-state index contributed by atoms with van der Waals surface area (Å²) in [6.07, 6.45) is 4.92. The number of amides is 2. The fraction of sp³-hybridized carbons (Fsp3) is 0.421. The van der Waals surface area contributed by atoms with Gasteiger partial charge in [-0.15, -0.1) is 0 Å². The summed E-state index contributed by atoms with van der Waals surface area (Å²) in [5, 5.41) is 6.85. The van der Waals surface area contributed by atoms with E-state index in [0.717, 1.165) is 37.8 Å². The second kappa shape index (κ2) is 8.14. The van der Waals surface area contributed by atoms with E-state index in [1.807, 2.05) is 4.72 Å². The Morgan fingerprint density at radius 3 is 2.29 bits per heavy atom. The summed E-state index contributed by atoms with van der Waals surface area (Å²) in [4.78, 5) is 24.5. The summed E-state index contributed by atoms with van der Waals surface area (Å²) in [6.45, 7) is 3.56. The van der Waals surface area contributed by atoms with Gasteiger partial charge in [0.1, 0.15) is 0 Å². The van der Waals surface area contributed by atoms with E-state index in [0.29, 0.717) is 11.3 Å². The predicted octanol–water partition coefficient (Wildman–Crippen LogP) is 2.51. The largest absolute Gasteiger partial charge is 0.335 e. The number of nitrogens with zero attached hydrogens (tertiary/aromatic N) is 2. The summed E-state index contributed by atoms with van der Waals surface area (Å²) < 4.78 is 28.1. The Morgan fingerprint density at radius 1 is 1.07 bits per heavy atom. The van der Waals surface area contributed by atoms with Crippen molar-refractivity contribution in [3.05, 3.63) is 47.3 Å². The van der Waals surface area contributed by atoms with Crippen LogP contribution in [0.25, 0.3) is 0 Å². The number of aryl methyl sites for hydroxylation is 2. The molecule has 150 valence electrons. The van der Waals surface area contributed by atoms with Crippen molar-refractivity contribution in [3.63, 3.8) is 0 Å². The third kappa shape index (κ3) is 4.59. The van der Waals surface area contributed by atoms with Gasteiger partial charge in [-0.1, -0.05) is 19.3 Å². The van der Waals surface area contributed by atoms with Crippen LogP contribution >= 0.6 is 0 Å². The van der Waals surface area contributed by atoms with Gasteiger partial charge < -0.3 is 5.32 Å². The zero-order valence-corrected chi connectivity index (χ0v) is 16.8. The van der Waals surface area contributed by atoms with Crippen molar-refractivity contribution >= 4 is 22.0 Å². The van der Waals surface area contributed by atoms with Crippen LogP contribution in [0.2, 0.25) is 0 Å². The van der Waals surface area contributed by atoms with Crippen molar-refractivity contribution in [2.24, 2.45) is 0 Å². The van der Waals surface area contributed by atoms with Crippen molar-refractivity contribution < 1.29 is 18.0 Å². The molecular formula is C19H24N4O4S. The maximum absolute atomic E-state index is 12.5. The smallest absolute Gasteiger partial charge is 0.328 e. The van der Waals surface area contributed by atoms with Crippen molar-refractivity contribution in [1.82, 2.24) is 19.8 Å². The molecule has 1 aliphatic rings. The van der Waals surface area contributed by atoms with Crippen LogP contribution in [0.1, 0.15) is 53.8 Å². The lowest BCUT2D eigenvalue weighted by molar-refractivity contribution is 0.0942. The van der Waals surface area contributed by atoms with E-state index < -0.39 is 16.1 Å². The number of benzene rings is 1. The average molecular weight is 404 g/mol. The van der Waals surface area contributed by atoms with Crippen molar-refractivity contribution in [2.75, 3.05) is 0 Å². The van der Waals surface area contributed by atoms with Crippen LogP contribution in [0, 0.1) is 13.8 Å². The second-order valence-electron chi connectivity index (χ2n) is 7.08. The highest BCUT2D eigenvalue weighted by molar-refractivity contribution is 7.90. The molecule has 1 aliphatic carbocycles. The van der Waals surface area contributed by atoms with Gasteiger partial charge in [0.15, 0.2) is 0 Å². The standard InChI is InChI=1S/C19H24N4O4S/c1-13-12-14(2)23(21-13)18(24)15-8-10-17(11-9-15)28(26,27)22-19(25)20-16-6-4-3-5-7-16/h8-12,16H,3-7H2,1-2H3,(H2,20,22,25). The van der Waals surface area contributed by atoms with Crippen LogP contribution in [0.5, 0.6) is 0 Å². The molecule has 0 radical (unpaired) electrons. The van der Waals surface area contributed by atoms with E-state index in [4.69, 9.17) is 0 Å². The fourth-order valence-corrected chi connectivity index (χ4v) is 4.29. The van der Waals surface area contributed by atoms with Crippen LogP contribution in [0.15, 0.2) is 35.2 Å². The van der Waals surface area contributed by atoms with Crippen molar-refractivity contribution in [2.45, 2.75) is 56.9 Å². The van der Waals surface area contributed by atoms with Gasteiger partial charge in [-0.3, -0.25) is 4.79 Å². The molecule has 8 nitrogen and oxygen atoms in total. The van der Waals surface area contributed by atoms with E-state index in [2.05, 4.69) is 10.4 Å². The molecule has 0 spiro atoms. The summed E-state index contributed by atoms with van der Waals surface area (Å²) in [6, 6.07) is 6.48. The maximum atomic E-state index is 12.5. The normalized spacial score (nSPS) is 15.2. The first-order chi connectivity index (χ1) is 13.3. The van der Waals surface area contributed by atoms with E-state index in [1.54, 1.807) is 19.9 Å². The minimum atomic E-state index is -4.02. The molecule has 1 fully saturated rings. The molecule has 1 saturated carbocycles. The Balaban J connectivity index is 1.68. The number of hydrogen-bond donors (Lipinski definition) is 2. The molecule has 3 rings (SSSR count). The molecule has 2 aromatic rings. The Labute approximate surface area is 164 Å². The lowest BCUT2D eigenvalue weighted by atomic mass is 9.96. The van der Waals surface area contributed by atoms with Gasteiger partial charge in [-0.05, 0) is 57.0 Å². The van der Waals surface area contributed by atoms with Gasteiger partial charge in [-0.2, -0.15) is 5.10 Å². The molecule has 28 heavy (non-hydrogen) atoms. The summed E-state index contributed by atoms with van der Waals surface area (Å²) >= 11 is 0. The number of hydrogen-bond acceptors (Lipinski definition) is 5. The molecule has 0 saturated heterocycles. The molecule has 0 atom stereocenters. The van der Waals surface area contributed by atoms with Gasteiger partial charge in [0.2, 0.25) is 0 Å². The fourth-order valence-electron chi connectivity index (χ4n) is 3.38. The highest BCUT2D eigenvalue weighted by atomic mass is 32.2. The van der Waals surface area contributed by atoms with Crippen molar-refractivity contribution in [1.29, 1.82) is 0 Å². The number of urea groups is 1. The van der Waals surface area contributed by atoms with Gasteiger partial charge in [-0.25, -0.2) is 22.6 Å². The highest BCUT2D eigenvalue weighted by Crippen LogP contribution is 2.17. The molecule has 0 bridgehead atoms. The Hall–Kier alpha value is -2.68. The van der Waals surface area contributed by atoms with Gasteiger partial charge in [0, 0.05) is 17.3 Å². The minimum absolute atomic E-state index is 0.00437.